The molecule has 0 saturated carbocycles. The summed E-state index contributed by atoms with van der Waals surface area (Å²) in [6, 6.07) is -1.36. The number of fused-ring (bicyclic) bond motifs is 2. The van der Waals surface area contributed by atoms with Gasteiger partial charge in [0, 0.05) is 19.1 Å². The zero-order valence-electron chi connectivity index (χ0n) is 16.3. The number of piperidine rings is 1. The fraction of sp³-hybridized carbons (Fsp3) is 0.882. The van der Waals surface area contributed by atoms with Crippen LogP contribution < -0.4 is 10.8 Å². The van der Waals surface area contributed by atoms with E-state index in [2.05, 4.69) is 20.0 Å². The van der Waals surface area contributed by atoms with Gasteiger partial charge in [0.25, 0.3) is 5.91 Å². The summed E-state index contributed by atoms with van der Waals surface area (Å²) in [5.41, 5.74) is 2.47. The number of rotatable bonds is 8. The van der Waals surface area contributed by atoms with Crippen LogP contribution in [-0.2, 0) is 25.3 Å². The molecule has 0 radical (unpaired) electrons. The Bertz CT molecular complexity index is 648. The highest BCUT2D eigenvalue weighted by atomic mass is 32.2. The Balaban J connectivity index is 1.19. The maximum absolute atomic E-state index is 12.5. The Morgan fingerprint density at radius 1 is 1.31 bits per heavy atom. The lowest BCUT2D eigenvalue weighted by Crippen LogP contribution is -2.50. The lowest BCUT2D eigenvalue weighted by molar-refractivity contribution is -0.139. The number of nitrogens with zero attached hydrogens (tertiary/aromatic N) is 3. The Morgan fingerprint density at radius 2 is 2.10 bits per heavy atom. The molecule has 29 heavy (non-hydrogen) atoms. The average Bonchev–Trinajstić information content (AvgIpc) is 3.41. The van der Waals surface area contributed by atoms with E-state index in [1.807, 2.05) is 0 Å². The van der Waals surface area contributed by atoms with E-state index in [4.69, 9.17) is 9.39 Å². The van der Waals surface area contributed by atoms with E-state index >= 15 is 0 Å². The van der Waals surface area contributed by atoms with E-state index in [1.54, 1.807) is 0 Å². The fourth-order valence-electron chi connectivity index (χ4n) is 4.85. The molecule has 4 heterocycles. The van der Waals surface area contributed by atoms with E-state index in [0.29, 0.717) is 25.4 Å². The molecule has 0 aromatic heterocycles. The van der Waals surface area contributed by atoms with E-state index in [0.717, 1.165) is 24.6 Å². The largest absolute Gasteiger partial charge is 0.346 e. The quantitative estimate of drug-likeness (QED) is 0.345. The first-order chi connectivity index (χ1) is 14.0. The van der Waals surface area contributed by atoms with E-state index in [9.17, 15) is 13.8 Å². The van der Waals surface area contributed by atoms with Crippen LogP contribution in [0.15, 0.2) is 0 Å². The molecule has 4 aliphatic rings. The molecule has 0 aliphatic carbocycles. The third-order valence-electron chi connectivity index (χ3n) is 6.25. The molecule has 3 unspecified atom stereocenters. The zero-order valence-corrected chi connectivity index (χ0v) is 17.1. The average molecular weight is 432 g/mol. The van der Waals surface area contributed by atoms with Gasteiger partial charge in [-0.15, -0.1) is 4.28 Å². The van der Waals surface area contributed by atoms with Crippen LogP contribution in [0.3, 0.4) is 0 Å². The van der Waals surface area contributed by atoms with Crippen molar-refractivity contribution in [3.63, 3.8) is 0 Å². The standard InChI is InChI=1S/C17H29N5O6S/c23-16(15-4-3-14-10-21(15)17(24)22(14)28-29(25)26)19-27-11-13-7-12(8-18-13)9-20-5-1-2-6-20/h12-15,18H,1-11H2,(H,19,23)(H,25,26)/t12-,13+,14?,15?/m1/s1. The van der Waals surface area contributed by atoms with Gasteiger partial charge in [0.2, 0.25) is 0 Å². The van der Waals surface area contributed by atoms with E-state index < -0.39 is 23.4 Å². The van der Waals surface area contributed by atoms with Crippen molar-refractivity contribution < 1.29 is 27.5 Å². The minimum atomic E-state index is -2.58. The second-order valence-electron chi connectivity index (χ2n) is 8.29. The van der Waals surface area contributed by atoms with Gasteiger partial charge in [-0.3, -0.25) is 14.2 Å². The molecule has 3 N–H and O–H groups in total. The predicted molar refractivity (Wildman–Crippen MR) is 102 cm³/mol. The molecule has 11 nitrogen and oxygen atoms in total. The van der Waals surface area contributed by atoms with E-state index in [1.165, 1.54) is 30.8 Å². The van der Waals surface area contributed by atoms with Crippen molar-refractivity contribution in [2.75, 3.05) is 39.3 Å². The number of likely N-dealkylation sites (tertiary alicyclic amines) is 1. The van der Waals surface area contributed by atoms with Gasteiger partial charge in [0.05, 0.1) is 12.6 Å². The summed E-state index contributed by atoms with van der Waals surface area (Å²) < 4.78 is 24.4. The van der Waals surface area contributed by atoms with Crippen LogP contribution in [0.5, 0.6) is 0 Å². The van der Waals surface area contributed by atoms with Gasteiger partial charge in [-0.1, -0.05) is 0 Å². The summed E-state index contributed by atoms with van der Waals surface area (Å²) in [6.45, 7) is 5.14. The molecule has 4 aliphatic heterocycles. The maximum Gasteiger partial charge on any atom is 0.346 e. The maximum atomic E-state index is 12.5. The first kappa shape index (κ1) is 20.9. The van der Waals surface area contributed by atoms with Gasteiger partial charge >= 0.3 is 17.4 Å². The molecule has 0 aromatic rings. The van der Waals surface area contributed by atoms with Gasteiger partial charge in [-0.05, 0) is 57.7 Å². The van der Waals surface area contributed by atoms with Crippen molar-refractivity contribution >= 4 is 23.3 Å². The normalized spacial score (nSPS) is 33.5. The zero-order chi connectivity index (χ0) is 20.4. The van der Waals surface area contributed by atoms with Gasteiger partial charge < -0.3 is 15.1 Å². The van der Waals surface area contributed by atoms with Gasteiger partial charge in [0.1, 0.15) is 6.04 Å². The monoisotopic (exact) mass is 431 g/mol. The van der Waals surface area contributed by atoms with Crippen LogP contribution in [-0.4, -0.2) is 93.0 Å². The summed E-state index contributed by atoms with van der Waals surface area (Å²) in [6.07, 6.45) is 4.57. The smallest absolute Gasteiger partial charge is 0.311 e. The Hall–Kier alpha value is -1.31. The van der Waals surface area contributed by atoms with Crippen LogP contribution in [0.25, 0.3) is 0 Å². The van der Waals surface area contributed by atoms with Gasteiger partial charge in [-0.25, -0.2) is 10.3 Å². The van der Waals surface area contributed by atoms with Crippen molar-refractivity contribution in [2.24, 2.45) is 5.92 Å². The van der Waals surface area contributed by atoms with Gasteiger partial charge in [0.15, 0.2) is 0 Å². The van der Waals surface area contributed by atoms with Crippen molar-refractivity contribution in [3.8, 4) is 0 Å². The minimum absolute atomic E-state index is 0.204. The van der Waals surface area contributed by atoms with Crippen LogP contribution in [0.2, 0.25) is 0 Å². The topological polar surface area (TPSA) is 124 Å². The van der Waals surface area contributed by atoms with Crippen LogP contribution in [0.1, 0.15) is 32.1 Å². The number of nitrogens with one attached hydrogen (secondary N) is 2. The van der Waals surface area contributed by atoms with Crippen molar-refractivity contribution in [2.45, 2.75) is 50.2 Å². The van der Waals surface area contributed by atoms with Crippen molar-refractivity contribution in [3.05, 3.63) is 0 Å². The molecule has 2 bridgehead atoms. The van der Waals surface area contributed by atoms with Crippen LogP contribution in [0.4, 0.5) is 4.79 Å². The SMILES string of the molecule is O=C(NOC[C@@H]1C[C@@H](CN2CCCC2)CN1)C1CCC2CN1C(=O)N2OS(=O)O. The molecule has 0 spiro atoms. The fourth-order valence-corrected chi connectivity index (χ4v) is 5.17. The molecule has 5 atom stereocenters. The number of carbonyl (C=O) groups excluding carboxylic acids is 2. The van der Waals surface area contributed by atoms with Crippen molar-refractivity contribution in [1.82, 2.24) is 25.7 Å². The molecular weight excluding hydrogens is 402 g/mol. The number of carbonyl (C=O) groups is 2. The summed E-state index contributed by atoms with van der Waals surface area (Å²) in [5.74, 6) is 0.230. The molecule has 0 aromatic carbocycles. The summed E-state index contributed by atoms with van der Waals surface area (Å²) in [7, 11) is 0. The third kappa shape index (κ3) is 4.89. The highest BCUT2D eigenvalue weighted by molar-refractivity contribution is 7.74. The lowest BCUT2D eigenvalue weighted by Gasteiger charge is -2.29. The first-order valence-electron chi connectivity index (χ1n) is 10.3. The second-order valence-corrected chi connectivity index (χ2v) is 8.87. The van der Waals surface area contributed by atoms with E-state index in [-0.39, 0.29) is 24.5 Å². The molecule has 4 saturated heterocycles. The number of hydrogen-bond donors (Lipinski definition) is 3. The molecule has 164 valence electrons. The lowest BCUT2D eigenvalue weighted by atomic mass is 10.0. The number of urea groups is 1. The van der Waals surface area contributed by atoms with Crippen molar-refractivity contribution in [1.29, 1.82) is 0 Å². The molecular formula is C17H29N5O6S. The molecule has 3 amide bonds. The molecule has 4 fully saturated rings. The van der Waals surface area contributed by atoms with Crippen LogP contribution in [0, 0.1) is 5.92 Å². The second kappa shape index (κ2) is 9.23. The number of hydroxylamine groups is 3. The van der Waals surface area contributed by atoms with Crippen LogP contribution >= 0.6 is 0 Å². The molecule has 4 rings (SSSR count). The first-order valence-corrected chi connectivity index (χ1v) is 11.3. The number of amides is 3. The summed E-state index contributed by atoms with van der Waals surface area (Å²) in [5, 5.41) is 4.34. The predicted octanol–water partition coefficient (Wildman–Crippen LogP) is -0.555. The van der Waals surface area contributed by atoms with Gasteiger partial charge in [-0.2, -0.15) is 9.27 Å². The highest BCUT2D eigenvalue weighted by Gasteiger charge is 2.48. The summed E-state index contributed by atoms with van der Waals surface area (Å²) >= 11 is -2.58. The Kier molecular flexibility index (Phi) is 6.66. The summed E-state index contributed by atoms with van der Waals surface area (Å²) in [4.78, 5) is 34.2. The number of hydrogen-bond acceptors (Lipinski definition) is 7. The Labute approximate surface area is 172 Å². The minimum Gasteiger partial charge on any atom is -0.311 e. The third-order valence-corrected chi connectivity index (χ3v) is 6.54. The highest BCUT2D eigenvalue weighted by Crippen LogP contribution is 2.30. The Morgan fingerprint density at radius 3 is 2.86 bits per heavy atom. The molecule has 12 heteroatoms.